The summed E-state index contributed by atoms with van der Waals surface area (Å²) in [5.74, 6) is -0.320. The molecular formula is C21H24N4O3. The standard InChI is InChI=1S/C21H24N4O3/c1-22-19(26)15-8-6-9-16(14-15)23-21(28)24(2)18-12-7-13-25(20(18)27)17-10-4-3-5-11-17/h3-6,8-11,14,18H,7,12-13H2,1-2H3,(H,22,26)(H,23,28). The van der Waals surface area contributed by atoms with E-state index >= 15 is 0 Å². The van der Waals surface area contributed by atoms with Gasteiger partial charge in [-0.15, -0.1) is 0 Å². The zero-order chi connectivity index (χ0) is 20.1. The minimum Gasteiger partial charge on any atom is -0.355 e. The summed E-state index contributed by atoms with van der Waals surface area (Å²) in [6.07, 6.45) is 1.43. The first-order valence-corrected chi connectivity index (χ1v) is 9.23. The zero-order valence-corrected chi connectivity index (χ0v) is 16.0. The second kappa shape index (κ2) is 8.56. The number of carbonyl (C=O) groups is 3. The normalized spacial score (nSPS) is 16.4. The fourth-order valence-corrected chi connectivity index (χ4v) is 3.32. The van der Waals surface area contributed by atoms with Gasteiger partial charge >= 0.3 is 6.03 Å². The Bertz CT molecular complexity index is 869. The van der Waals surface area contributed by atoms with Crippen molar-refractivity contribution < 1.29 is 14.4 Å². The summed E-state index contributed by atoms with van der Waals surface area (Å²) in [6.45, 7) is 0.642. The molecule has 2 N–H and O–H groups in total. The summed E-state index contributed by atoms with van der Waals surface area (Å²) in [4.78, 5) is 40.6. The van der Waals surface area contributed by atoms with E-state index in [0.717, 1.165) is 12.1 Å². The Morgan fingerprint density at radius 1 is 1.11 bits per heavy atom. The molecule has 1 saturated heterocycles. The number of urea groups is 1. The molecule has 7 heteroatoms. The highest BCUT2D eigenvalue weighted by molar-refractivity contribution is 6.01. The van der Waals surface area contributed by atoms with Gasteiger partial charge in [-0.2, -0.15) is 0 Å². The molecular weight excluding hydrogens is 356 g/mol. The molecule has 2 aromatic carbocycles. The second-order valence-electron chi connectivity index (χ2n) is 6.68. The number of rotatable bonds is 4. The summed E-state index contributed by atoms with van der Waals surface area (Å²) in [6, 6.07) is 15.2. The summed E-state index contributed by atoms with van der Waals surface area (Å²) in [5, 5.41) is 5.32. The lowest BCUT2D eigenvalue weighted by atomic mass is 10.0. The zero-order valence-electron chi connectivity index (χ0n) is 16.0. The Labute approximate surface area is 164 Å². The molecule has 1 heterocycles. The van der Waals surface area contributed by atoms with Crippen molar-refractivity contribution in [2.75, 3.05) is 30.9 Å². The Morgan fingerprint density at radius 3 is 2.57 bits per heavy atom. The number of hydrogen-bond acceptors (Lipinski definition) is 3. The largest absolute Gasteiger partial charge is 0.355 e. The van der Waals surface area contributed by atoms with E-state index in [1.165, 1.54) is 4.90 Å². The van der Waals surface area contributed by atoms with Crippen molar-refractivity contribution in [1.82, 2.24) is 10.2 Å². The molecule has 0 saturated carbocycles. The van der Waals surface area contributed by atoms with Gasteiger partial charge in [0.15, 0.2) is 0 Å². The van der Waals surface area contributed by atoms with Crippen molar-refractivity contribution in [2.24, 2.45) is 0 Å². The molecule has 2 aromatic rings. The van der Waals surface area contributed by atoms with Crippen LogP contribution in [-0.4, -0.2) is 49.4 Å². The number of amides is 4. The third kappa shape index (κ3) is 4.14. The van der Waals surface area contributed by atoms with Crippen LogP contribution in [0, 0.1) is 0 Å². The highest BCUT2D eigenvalue weighted by Crippen LogP contribution is 2.23. The van der Waals surface area contributed by atoms with E-state index in [-0.39, 0.29) is 17.8 Å². The van der Waals surface area contributed by atoms with Gasteiger partial charge in [-0.1, -0.05) is 24.3 Å². The highest BCUT2D eigenvalue weighted by Gasteiger charge is 2.34. The van der Waals surface area contributed by atoms with Gasteiger partial charge in [-0.05, 0) is 43.2 Å². The topological polar surface area (TPSA) is 81.8 Å². The van der Waals surface area contributed by atoms with Gasteiger partial charge in [0.1, 0.15) is 6.04 Å². The van der Waals surface area contributed by atoms with Gasteiger partial charge < -0.3 is 20.4 Å². The molecule has 0 spiro atoms. The van der Waals surface area contributed by atoms with Crippen LogP contribution >= 0.6 is 0 Å². The lowest BCUT2D eigenvalue weighted by Crippen LogP contribution is -2.53. The number of anilines is 2. The van der Waals surface area contributed by atoms with Crippen LogP contribution in [0.1, 0.15) is 23.2 Å². The maximum atomic E-state index is 13.0. The molecule has 0 aliphatic carbocycles. The number of para-hydroxylation sites is 1. The van der Waals surface area contributed by atoms with E-state index in [0.29, 0.717) is 24.2 Å². The first kappa shape index (κ1) is 19.4. The minimum absolute atomic E-state index is 0.0887. The molecule has 7 nitrogen and oxygen atoms in total. The average Bonchev–Trinajstić information content (AvgIpc) is 2.73. The van der Waals surface area contributed by atoms with Crippen molar-refractivity contribution >= 4 is 29.2 Å². The Balaban J connectivity index is 1.70. The Morgan fingerprint density at radius 2 is 1.86 bits per heavy atom. The van der Waals surface area contributed by atoms with Gasteiger partial charge in [0, 0.05) is 37.6 Å². The molecule has 0 radical (unpaired) electrons. The van der Waals surface area contributed by atoms with Crippen molar-refractivity contribution in [3.05, 3.63) is 60.2 Å². The molecule has 4 amide bonds. The van der Waals surface area contributed by atoms with Crippen LogP contribution in [0.3, 0.4) is 0 Å². The van der Waals surface area contributed by atoms with Gasteiger partial charge in [0.25, 0.3) is 5.91 Å². The van der Waals surface area contributed by atoms with E-state index in [4.69, 9.17) is 0 Å². The van der Waals surface area contributed by atoms with Crippen LogP contribution in [0.5, 0.6) is 0 Å². The van der Waals surface area contributed by atoms with Crippen molar-refractivity contribution in [3.8, 4) is 0 Å². The molecule has 28 heavy (non-hydrogen) atoms. The van der Waals surface area contributed by atoms with Crippen LogP contribution in [-0.2, 0) is 4.79 Å². The smallest absolute Gasteiger partial charge is 0.322 e. The third-order valence-electron chi connectivity index (χ3n) is 4.87. The van der Waals surface area contributed by atoms with Gasteiger partial charge in [-0.25, -0.2) is 4.79 Å². The monoisotopic (exact) mass is 380 g/mol. The van der Waals surface area contributed by atoms with Gasteiger partial charge in [-0.3, -0.25) is 9.59 Å². The molecule has 1 aliphatic rings. The third-order valence-corrected chi connectivity index (χ3v) is 4.87. The summed E-state index contributed by atoms with van der Waals surface area (Å²) in [5.41, 5.74) is 1.79. The molecule has 1 fully saturated rings. The van der Waals surface area contributed by atoms with Crippen LogP contribution in [0.25, 0.3) is 0 Å². The summed E-state index contributed by atoms with van der Waals surface area (Å²) in [7, 11) is 3.17. The molecule has 1 atom stereocenters. The quantitative estimate of drug-likeness (QED) is 0.856. The van der Waals surface area contributed by atoms with Crippen LogP contribution in [0.4, 0.5) is 16.2 Å². The summed E-state index contributed by atoms with van der Waals surface area (Å²) >= 11 is 0. The number of nitrogens with zero attached hydrogens (tertiary/aromatic N) is 2. The number of benzene rings is 2. The minimum atomic E-state index is -0.531. The predicted molar refractivity (Wildman–Crippen MR) is 108 cm³/mol. The summed E-state index contributed by atoms with van der Waals surface area (Å²) < 4.78 is 0. The van der Waals surface area contributed by atoms with Gasteiger partial charge in [0.2, 0.25) is 5.91 Å². The maximum Gasteiger partial charge on any atom is 0.322 e. The predicted octanol–water partition coefficient (Wildman–Crippen LogP) is 2.71. The first-order valence-electron chi connectivity index (χ1n) is 9.23. The SMILES string of the molecule is CNC(=O)c1cccc(NC(=O)N(C)C2CCCN(c3ccccc3)C2=O)c1. The lowest BCUT2D eigenvalue weighted by molar-refractivity contribution is -0.123. The Kier molecular flexibility index (Phi) is 5.93. The highest BCUT2D eigenvalue weighted by atomic mass is 16.2. The lowest BCUT2D eigenvalue weighted by Gasteiger charge is -2.36. The van der Waals surface area contributed by atoms with E-state index in [9.17, 15) is 14.4 Å². The van der Waals surface area contributed by atoms with Crippen LogP contribution in [0.15, 0.2) is 54.6 Å². The number of carbonyl (C=O) groups excluding carboxylic acids is 3. The Hall–Kier alpha value is -3.35. The molecule has 1 unspecified atom stereocenters. The second-order valence-corrected chi connectivity index (χ2v) is 6.68. The molecule has 0 aromatic heterocycles. The van der Waals surface area contributed by atoms with Crippen LogP contribution < -0.4 is 15.5 Å². The molecule has 3 rings (SSSR count). The van der Waals surface area contributed by atoms with Crippen molar-refractivity contribution in [2.45, 2.75) is 18.9 Å². The average molecular weight is 380 g/mol. The van der Waals surface area contributed by atoms with Crippen LogP contribution in [0.2, 0.25) is 0 Å². The van der Waals surface area contributed by atoms with E-state index in [1.54, 1.807) is 43.3 Å². The number of piperidine rings is 1. The first-order chi connectivity index (χ1) is 13.5. The molecule has 1 aliphatic heterocycles. The fraction of sp³-hybridized carbons (Fsp3) is 0.286. The molecule has 0 bridgehead atoms. The number of nitrogens with one attached hydrogen (secondary N) is 2. The fourth-order valence-electron chi connectivity index (χ4n) is 3.32. The van der Waals surface area contributed by atoms with E-state index < -0.39 is 6.04 Å². The van der Waals surface area contributed by atoms with E-state index in [1.807, 2.05) is 30.3 Å². The van der Waals surface area contributed by atoms with Gasteiger partial charge in [0.05, 0.1) is 0 Å². The van der Waals surface area contributed by atoms with Crippen molar-refractivity contribution in [1.29, 1.82) is 0 Å². The number of likely N-dealkylation sites (N-methyl/N-ethyl adjacent to an activating group) is 1. The van der Waals surface area contributed by atoms with Crippen molar-refractivity contribution in [3.63, 3.8) is 0 Å². The maximum absolute atomic E-state index is 13.0. The number of hydrogen-bond donors (Lipinski definition) is 2. The van der Waals surface area contributed by atoms with E-state index in [2.05, 4.69) is 10.6 Å². The molecule has 146 valence electrons.